The van der Waals surface area contributed by atoms with E-state index in [0.717, 1.165) is 0 Å². The second kappa shape index (κ2) is 2.25. The van der Waals surface area contributed by atoms with Crippen LogP contribution in [0.3, 0.4) is 0 Å². The molecule has 0 radical (unpaired) electrons. The van der Waals surface area contributed by atoms with Crippen LogP contribution in [-0.2, 0) is 4.79 Å². The van der Waals surface area contributed by atoms with Gasteiger partial charge in [0.2, 0.25) is 5.95 Å². The summed E-state index contributed by atoms with van der Waals surface area (Å²) < 4.78 is 0. The van der Waals surface area contributed by atoms with Crippen LogP contribution in [0, 0.1) is 0 Å². The average Bonchev–Trinajstić information content (AvgIpc) is 2.29. The number of anilines is 1. The third-order valence-corrected chi connectivity index (χ3v) is 1.67. The minimum atomic E-state index is -0.383. The Morgan fingerprint density at radius 1 is 1.42 bits per heavy atom. The van der Waals surface area contributed by atoms with Gasteiger partial charge in [0.25, 0.3) is 5.91 Å². The van der Waals surface area contributed by atoms with Gasteiger partial charge in [-0.25, -0.2) is 4.98 Å². The van der Waals surface area contributed by atoms with Crippen molar-refractivity contribution in [1.29, 1.82) is 0 Å². The summed E-state index contributed by atoms with van der Waals surface area (Å²) >= 11 is 5.67. The van der Waals surface area contributed by atoms with E-state index in [1.54, 1.807) is 0 Å². The highest BCUT2D eigenvalue weighted by molar-refractivity contribution is 6.30. The Kier molecular flexibility index (Phi) is 1.34. The Morgan fingerprint density at radius 2 is 2.17 bits per heavy atom. The quantitative estimate of drug-likeness (QED) is 0.503. The zero-order valence-corrected chi connectivity index (χ0v) is 6.54. The lowest BCUT2D eigenvalue weighted by Crippen LogP contribution is -2.28. The molecule has 60 valence electrons. The van der Waals surface area contributed by atoms with Crippen LogP contribution in [0.5, 0.6) is 0 Å². The van der Waals surface area contributed by atoms with Gasteiger partial charge >= 0.3 is 0 Å². The zero-order chi connectivity index (χ0) is 8.72. The maximum atomic E-state index is 10.8. The number of nitrogens with two attached hydrogens (primary N) is 1. The monoisotopic (exact) mass is 182 g/mol. The Labute approximate surface area is 71.6 Å². The van der Waals surface area contributed by atoms with Crippen molar-refractivity contribution in [2.24, 2.45) is 4.99 Å². The Balaban J connectivity index is 2.95. The third kappa shape index (κ3) is 0.947. The van der Waals surface area contributed by atoms with E-state index in [-0.39, 0.29) is 22.5 Å². The van der Waals surface area contributed by atoms with Crippen LogP contribution in [0.1, 0.15) is 0 Å². The molecule has 0 unspecified atom stereocenters. The number of halogens is 1. The van der Waals surface area contributed by atoms with Crippen LogP contribution in [0.15, 0.2) is 4.99 Å². The molecule has 1 aromatic heterocycles. The van der Waals surface area contributed by atoms with Gasteiger partial charge in [0.15, 0.2) is 5.49 Å². The van der Waals surface area contributed by atoms with Gasteiger partial charge in [-0.3, -0.25) is 4.79 Å². The molecule has 0 fully saturated rings. The molecule has 2 rings (SSSR count). The lowest BCUT2D eigenvalue weighted by atomic mass is 10.4. The van der Waals surface area contributed by atoms with Gasteiger partial charge in [-0.2, -0.15) is 9.98 Å². The summed E-state index contributed by atoms with van der Waals surface area (Å²) in [5, 5.41) is 0.600. The first-order valence-corrected chi connectivity index (χ1v) is 3.48. The number of carbonyl (C=O) groups is 1. The Bertz CT molecular complexity index is 481. The van der Waals surface area contributed by atoms with Crippen molar-refractivity contribution < 1.29 is 4.79 Å². The zero-order valence-electron chi connectivity index (χ0n) is 5.78. The van der Waals surface area contributed by atoms with Crippen LogP contribution >= 0.6 is 11.6 Å². The van der Waals surface area contributed by atoms with Crippen LogP contribution in [-0.4, -0.2) is 15.9 Å². The molecule has 12 heavy (non-hydrogen) atoms. The Hall–Kier alpha value is -1.49. The van der Waals surface area contributed by atoms with E-state index in [9.17, 15) is 4.79 Å². The maximum Gasteiger partial charge on any atom is 0.272 e. The number of hydrogen-bond acceptors (Lipinski definition) is 4. The molecule has 0 aromatic carbocycles. The maximum absolute atomic E-state index is 10.8. The molecule has 6 heteroatoms. The smallest absolute Gasteiger partial charge is 0.272 e. The molecule has 0 saturated heterocycles. The summed E-state index contributed by atoms with van der Waals surface area (Å²) in [6, 6.07) is 0. The molecule has 1 amide bonds. The van der Waals surface area contributed by atoms with Gasteiger partial charge in [-0.15, -0.1) is 0 Å². The third-order valence-electron chi connectivity index (χ3n) is 1.38. The molecule has 0 bridgehead atoms. The first-order valence-electron chi connectivity index (χ1n) is 3.10. The number of nitrogen functional groups attached to an aromatic ring is 1. The van der Waals surface area contributed by atoms with Crippen molar-refractivity contribution in [2.75, 3.05) is 5.73 Å². The van der Waals surface area contributed by atoms with Gasteiger partial charge in [0.05, 0.1) is 5.22 Å². The van der Waals surface area contributed by atoms with E-state index in [4.69, 9.17) is 17.3 Å². The number of rotatable bonds is 0. The van der Waals surface area contributed by atoms with Crippen molar-refractivity contribution in [3.05, 3.63) is 15.9 Å². The van der Waals surface area contributed by atoms with Crippen molar-refractivity contribution in [3.8, 4) is 0 Å². The molecule has 0 spiro atoms. The number of carbonyl (C=O) groups excluding carboxylic acids is 1. The van der Waals surface area contributed by atoms with Gasteiger partial charge in [0.1, 0.15) is 5.15 Å². The summed E-state index contributed by atoms with van der Waals surface area (Å²) in [5.74, 6) is -0.364. The highest BCUT2D eigenvalue weighted by atomic mass is 35.5. The summed E-state index contributed by atoms with van der Waals surface area (Å²) in [6.07, 6.45) is 1.27. The number of amides is 1. The van der Waals surface area contributed by atoms with E-state index >= 15 is 0 Å². The first-order chi connectivity index (χ1) is 5.66. The highest BCUT2D eigenvalue weighted by Gasteiger charge is 2.09. The van der Waals surface area contributed by atoms with Crippen molar-refractivity contribution in [1.82, 2.24) is 9.97 Å². The molecule has 1 aromatic rings. The number of nitrogens with zero attached hydrogens (tertiary/aromatic N) is 3. The number of hydrogen-bond donors (Lipinski definition) is 1. The molecule has 5 nitrogen and oxygen atoms in total. The predicted molar refractivity (Wildman–Crippen MR) is 41.7 cm³/mol. The lowest BCUT2D eigenvalue weighted by molar-refractivity contribution is -0.112. The first kappa shape index (κ1) is 7.17. The van der Waals surface area contributed by atoms with Gasteiger partial charge < -0.3 is 5.73 Å². The van der Waals surface area contributed by atoms with Crippen molar-refractivity contribution in [2.45, 2.75) is 0 Å². The minimum Gasteiger partial charge on any atom is -0.368 e. The fourth-order valence-corrected chi connectivity index (χ4v) is 1.14. The largest absolute Gasteiger partial charge is 0.368 e. The van der Waals surface area contributed by atoms with Crippen LogP contribution in [0.25, 0.3) is 6.08 Å². The average molecular weight is 183 g/mol. The second-order valence-corrected chi connectivity index (χ2v) is 2.56. The topological polar surface area (TPSA) is 81.2 Å². The van der Waals surface area contributed by atoms with E-state index in [0.29, 0.717) is 5.22 Å². The van der Waals surface area contributed by atoms with E-state index in [2.05, 4.69) is 15.0 Å². The summed E-state index contributed by atoms with van der Waals surface area (Å²) in [7, 11) is 0. The van der Waals surface area contributed by atoms with Crippen LogP contribution in [0.2, 0.25) is 5.15 Å². The fraction of sp³-hybridized carbons (Fsp3) is 0. The predicted octanol–water partition coefficient (Wildman–Crippen LogP) is -1.35. The summed E-state index contributed by atoms with van der Waals surface area (Å²) in [5.41, 5.74) is 5.53. The number of aromatic nitrogens is 2. The highest BCUT2D eigenvalue weighted by Crippen LogP contribution is 1.96. The molecule has 0 atom stereocenters. The van der Waals surface area contributed by atoms with Gasteiger partial charge in [0, 0.05) is 6.08 Å². The molecule has 2 N–H and O–H groups in total. The van der Waals surface area contributed by atoms with Gasteiger partial charge in [-0.05, 0) is 0 Å². The van der Waals surface area contributed by atoms with Crippen LogP contribution in [0.4, 0.5) is 5.95 Å². The second-order valence-electron chi connectivity index (χ2n) is 2.20. The molecule has 1 aliphatic rings. The number of fused-ring (bicyclic) bond motifs is 1. The summed E-state index contributed by atoms with van der Waals surface area (Å²) in [4.78, 5) is 21.7. The normalized spacial score (nSPS) is 13.6. The lowest BCUT2D eigenvalue weighted by Gasteiger charge is -1.90. The minimum absolute atomic E-state index is 0.0191. The molecular weight excluding hydrogens is 180 g/mol. The molecule has 0 aliphatic carbocycles. The standard InChI is InChI=1S/C6H3ClN4O/c7-4-2-1-3(12)9-5(2)11-6(8)10-4/h1H,(H2,8,9,11,12). The molecular formula is C6H3ClN4O. The molecule has 0 saturated carbocycles. The van der Waals surface area contributed by atoms with Gasteiger partial charge in [-0.1, -0.05) is 11.6 Å². The SMILES string of the molecule is Nc1nc(Cl)c2c(n1)=NC(=O)C=2. The molecule has 2 heterocycles. The van der Waals surface area contributed by atoms with E-state index in [1.807, 2.05) is 0 Å². The van der Waals surface area contributed by atoms with Crippen molar-refractivity contribution in [3.63, 3.8) is 0 Å². The fourth-order valence-electron chi connectivity index (χ4n) is 0.916. The molecule has 1 aliphatic heterocycles. The van der Waals surface area contributed by atoms with E-state index in [1.165, 1.54) is 6.08 Å². The van der Waals surface area contributed by atoms with Crippen molar-refractivity contribution >= 4 is 29.5 Å². The van der Waals surface area contributed by atoms with Crippen LogP contribution < -0.4 is 16.4 Å². The Morgan fingerprint density at radius 3 is 2.92 bits per heavy atom. The summed E-state index contributed by atoms with van der Waals surface area (Å²) in [6.45, 7) is 0. The van der Waals surface area contributed by atoms with E-state index < -0.39 is 0 Å².